The van der Waals surface area contributed by atoms with Crippen LogP contribution in [0.5, 0.6) is 11.5 Å². The van der Waals surface area contributed by atoms with E-state index in [4.69, 9.17) is 14.5 Å². The minimum atomic E-state index is 0.0855. The number of hydrogen-bond acceptors (Lipinski definition) is 4. The summed E-state index contributed by atoms with van der Waals surface area (Å²) in [5.41, 5.74) is 4.48. The van der Waals surface area contributed by atoms with Gasteiger partial charge in [-0.15, -0.1) is 0 Å². The second kappa shape index (κ2) is 11.7. The Morgan fingerprint density at radius 3 is 2.53 bits per heavy atom. The molecule has 1 saturated heterocycles. The van der Waals surface area contributed by atoms with Gasteiger partial charge in [0.15, 0.2) is 0 Å². The zero-order chi connectivity index (χ0) is 26.5. The van der Waals surface area contributed by atoms with Gasteiger partial charge in [-0.3, -0.25) is 4.79 Å². The normalized spacial score (nSPS) is 15.5. The van der Waals surface area contributed by atoms with Crippen LogP contribution in [0.25, 0.3) is 11.0 Å². The van der Waals surface area contributed by atoms with Crippen LogP contribution in [0.2, 0.25) is 0 Å². The van der Waals surface area contributed by atoms with Crippen molar-refractivity contribution in [1.82, 2.24) is 14.5 Å². The van der Waals surface area contributed by atoms with E-state index in [1.165, 1.54) is 5.56 Å². The van der Waals surface area contributed by atoms with Crippen LogP contribution >= 0.6 is 0 Å². The standard InChI is InChI=1S/C32H37N3O3/c1-23(2)27-10-4-7-13-30(27)38-19-9-8-18-35-29-12-6-5-11-28(29)33-32(35)25-20-31(36)34(22-25)21-24-14-16-26(37-3)17-15-24/h4-7,10-17,23,25H,8-9,18-22H2,1-3H3. The Kier molecular flexibility index (Phi) is 7.97. The number of benzene rings is 3. The fraction of sp³-hybridized carbons (Fsp3) is 0.375. The highest BCUT2D eigenvalue weighted by molar-refractivity contribution is 5.81. The number of para-hydroxylation sites is 3. The smallest absolute Gasteiger partial charge is 0.223 e. The van der Waals surface area contributed by atoms with Gasteiger partial charge in [-0.25, -0.2) is 4.98 Å². The number of amides is 1. The van der Waals surface area contributed by atoms with Crippen LogP contribution < -0.4 is 9.47 Å². The van der Waals surface area contributed by atoms with E-state index in [0.29, 0.717) is 32.0 Å². The second-order valence-electron chi connectivity index (χ2n) is 10.4. The van der Waals surface area contributed by atoms with Gasteiger partial charge < -0.3 is 18.9 Å². The van der Waals surface area contributed by atoms with Crippen molar-refractivity contribution in [3.8, 4) is 11.5 Å². The lowest BCUT2D eigenvalue weighted by atomic mass is 10.0. The fourth-order valence-electron chi connectivity index (χ4n) is 5.33. The van der Waals surface area contributed by atoms with E-state index in [-0.39, 0.29) is 11.8 Å². The van der Waals surface area contributed by atoms with Gasteiger partial charge in [-0.1, -0.05) is 56.3 Å². The molecule has 1 aliphatic rings. The predicted octanol–water partition coefficient (Wildman–Crippen LogP) is 6.54. The lowest BCUT2D eigenvalue weighted by Crippen LogP contribution is -2.24. The average molecular weight is 512 g/mol. The van der Waals surface area contributed by atoms with Crippen molar-refractivity contribution in [1.29, 1.82) is 0 Å². The van der Waals surface area contributed by atoms with E-state index >= 15 is 0 Å². The van der Waals surface area contributed by atoms with E-state index < -0.39 is 0 Å². The molecule has 0 saturated carbocycles. The van der Waals surface area contributed by atoms with Gasteiger partial charge in [0.2, 0.25) is 5.91 Å². The molecule has 1 atom stereocenters. The lowest BCUT2D eigenvalue weighted by Gasteiger charge is -2.18. The first-order valence-electron chi connectivity index (χ1n) is 13.6. The summed E-state index contributed by atoms with van der Waals surface area (Å²) in [6.45, 7) is 7.22. The molecule has 1 aromatic heterocycles. The van der Waals surface area contributed by atoms with Crippen LogP contribution in [-0.2, 0) is 17.9 Å². The van der Waals surface area contributed by atoms with Gasteiger partial charge in [0, 0.05) is 32.0 Å². The highest BCUT2D eigenvalue weighted by Crippen LogP contribution is 2.32. The number of likely N-dealkylation sites (tertiary alicyclic amines) is 1. The van der Waals surface area contributed by atoms with Gasteiger partial charge >= 0.3 is 0 Å². The molecule has 198 valence electrons. The molecule has 0 aliphatic carbocycles. The number of aryl methyl sites for hydroxylation is 1. The molecule has 6 heteroatoms. The third-order valence-corrected chi connectivity index (χ3v) is 7.37. The average Bonchev–Trinajstić information content (AvgIpc) is 3.49. The third-order valence-electron chi connectivity index (χ3n) is 7.37. The number of rotatable bonds is 11. The third kappa shape index (κ3) is 5.69. The minimum absolute atomic E-state index is 0.0855. The number of unbranched alkanes of at least 4 members (excludes halogenated alkanes) is 1. The topological polar surface area (TPSA) is 56.6 Å². The first-order chi connectivity index (χ1) is 18.5. The number of imidazole rings is 1. The van der Waals surface area contributed by atoms with E-state index in [1.807, 2.05) is 41.3 Å². The monoisotopic (exact) mass is 511 g/mol. The Hall–Kier alpha value is -3.80. The Labute approximate surface area is 225 Å². The number of hydrogen-bond donors (Lipinski definition) is 0. The van der Waals surface area contributed by atoms with Crippen molar-refractivity contribution in [3.05, 3.63) is 89.7 Å². The highest BCUT2D eigenvalue weighted by Gasteiger charge is 2.34. The number of carbonyl (C=O) groups excluding carboxylic acids is 1. The fourth-order valence-corrected chi connectivity index (χ4v) is 5.33. The van der Waals surface area contributed by atoms with Gasteiger partial charge in [0.05, 0.1) is 24.8 Å². The number of ether oxygens (including phenoxy) is 2. The zero-order valence-corrected chi connectivity index (χ0v) is 22.6. The minimum Gasteiger partial charge on any atom is -0.497 e. The van der Waals surface area contributed by atoms with Crippen LogP contribution in [0, 0.1) is 0 Å². The van der Waals surface area contributed by atoms with Crippen molar-refractivity contribution in [2.45, 2.75) is 58.0 Å². The largest absolute Gasteiger partial charge is 0.497 e. The molecule has 2 heterocycles. The van der Waals surface area contributed by atoms with Crippen molar-refractivity contribution in [3.63, 3.8) is 0 Å². The van der Waals surface area contributed by atoms with Crippen molar-refractivity contribution in [2.75, 3.05) is 20.3 Å². The summed E-state index contributed by atoms with van der Waals surface area (Å²) in [6.07, 6.45) is 2.42. The molecule has 3 aromatic carbocycles. The molecule has 5 rings (SSSR count). The molecular weight excluding hydrogens is 474 g/mol. The van der Waals surface area contributed by atoms with Gasteiger partial charge in [0.25, 0.3) is 0 Å². The highest BCUT2D eigenvalue weighted by atomic mass is 16.5. The Balaban J connectivity index is 1.24. The molecule has 1 fully saturated rings. The van der Waals surface area contributed by atoms with Crippen LogP contribution in [-0.4, -0.2) is 40.6 Å². The Morgan fingerprint density at radius 2 is 1.74 bits per heavy atom. The number of fused-ring (bicyclic) bond motifs is 1. The molecule has 0 spiro atoms. The van der Waals surface area contributed by atoms with Gasteiger partial charge in [-0.05, 0) is 60.2 Å². The second-order valence-corrected chi connectivity index (χ2v) is 10.4. The summed E-state index contributed by atoms with van der Waals surface area (Å²) < 4.78 is 13.7. The molecule has 1 unspecified atom stereocenters. The maximum absolute atomic E-state index is 13.0. The summed E-state index contributed by atoms with van der Waals surface area (Å²) in [5.74, 6) is 3.52. The maximum atomic E-state index is 13.0. The van der Waals surface area contributed by atoms with Crippen molar-refractivity contribution >= 4 is 16.9 Å². The molecule has 1 amide bonds. The van der Waals surface area contributed by atoms with E-state index in [0.717, 1.165) is 53.3 Å². The first kappa shape index (κ1) is 25.8. The van der Waals surface area contributed by atoms with Crippen LogP contribution in [0.15, 0.2) is 72.8 Å². The molecular formula is C32H37N3O3. The van der Waals surface area contributed by atoms with Gasteiger partial charge in [0.1, 0.15) is 17.3 Å². The van der Waals surface area contributed by atoms with E-state index in [2.05, 4.69) is 54.8 Å². The number of nitrogens with zero attached hydrogens (tertiary/aromatic N) is 3. The maximum Gasteiger partial charge on any atom is 0.223 e. The van der Waals surface area contributed by atoms with Crippen LogP contribution in [0.1, 0.15) is 61.9 Å². The SMILES string of the molecule is COc1ccc(CN2CC(c3nc4ccccc4n3CCCCOc3ccccc3C(C)C)CC2=O)cc1. The van der Waals surface area contributed by atoms with Crippen LogP contribution in [0.4, 0.5) is 0 Å². The molecule has 0 N–H and O–H groups in total. The van der Waals surface area contributed by atoms with Crippen molar-refractivity contribution < 1.29 is 14.3 Å². The molecule has 6 nitrogen and oxygen atoms in total. The lowest BCUT2D eigenvalue weighted by molar-refractivity contribution is -0.128. The number of methoxy groups -OCH3 is 1. The summed E-state index contributed by atoms with van der Waals surface area (Å²) in [4.78, 5) is 19.9. The zero-order valence-electron chi connectivity index (χ0n) is 22.6. The van der Waals surface area contributed by atoms with Crippen LogP contribution in [0.3, 0.4) is 0 Å². The quantitative estimate of drug-likeness (QED) is 0.215. The van der Waals surface area contributed by atoms with E-state index in [1.54, 1.807) is 7.11 Å². The first-order valence-corrected chi connectivity index (χ1v) is 13.6. The molecule has 1 aliphatic heterocycles. The summed E-state index contributed by atoms with van der Waals surface area (Å²) in [6, 6.07) is 24.5. The Morgan fingerprint density at radius 1 is 0.974 bits per heavy atom. The van der Waals surface area contributed by atoms with Crippen molar-refractivity contribution in [2.24, 2.45) is 0 Å². The molecule has 0 bridgehead atoms. The Bertz CT molecular complexity index is 1380. The predicted molar refractivity (Wildman–Crippen MR) is 151 cm³/mol. The molecule has 0 radical (unpaired) electrons. The van der Waals surface area contributed by atoms with Gasteiger partial charge in [-0.2, -0.15) is 0 Å². The molecule has 38 heavy (non-hydrogen) atoms. The number of aromatic nitrogens is 2. The summed E-state index contributed by atoms with van der Waals surface area (Å²) >= 11 is 0. The molecule has 4 aromatic rings. The summed E-state index contributed by atoms with van der Waals surface area (Å²) in [5, 5.41) is 0. The number of carbonyl (C=O) groups is 1. The summed E-state index contributed by atoms with van der Waals surface area (Å²) in [7, 11) is 1.66. The van der Waals surface area contributed by atoms with E-state index in [9.17, 15) is 4.79 Å².